The van der Waals surface area contributed by atoms with Crippen LogP contribution in [0.1, 0.15) is 43.0 Å². The van der Waals surface area contributed by atoms with Crippen molar-refractivity contribution in [2.24, 2.45) is 11.7 Å². The predicted molar refractivity (Wildman–Crippen MR) is 68.8 cm³/mol. The fraction of sp³-hybridized carbons (Fsp3) is 0.571. The molecule has 0 aliphatic rings. The first kappa shape index (κ1) is 18.8. The average molecular weight is 329 g/mol. The molecule has 8 heteroatoms. The highest BCUT2D eigenvalue weighted by molar-refractivity contribution is 5.38. The number of aliphatic hydroxyl groups is 1. The molecule has 0 aliphatic carbocycles. The maximum atomic E-state index is 13.0. The number of hydrogen-bond acceptors (Lipinski definition) is 2. The number of alkyl halides is 6. The summed E-state index contributed by atoms with van der Waals surface area (Å²) >= 11 is 0. The summed E-state index contributed by atoms with van der Waals surface area (Å²) in [6.07, 6.45) is -10.7. The molecular weight excluding hydrogens is 312 g/mol. The molecule has 1 rings (SSSR count). The van der Waals surface area contributed by atoms with Crippen molar-refractivity contribution >= 4 is 0 Å². The molecule has 126 valence electrons. The van der Waals surface area contributed by atoms with Gasteiger partial charge in [-0.1, -0.05) is 26.3 Å². The molecule has 0 amide bonds. The van der Waals surface area contributed by atoms with E-state index in [0.717, 1.165) is 0 Å². The van der Waals surface area contributed by atoms with Crippen LogP contribution in [-0.4, -0.2) is 11.2 Å². The van der Waals surface area contributed by atoms with E-state index in [0.29, 0.717) is 18.6 Å². The van der Waals surface area contributed by atoms with Crippen molar-refractivity contribution in [2.75, 3.05) is 0 Å². The maximum absolute atomic E-state index is 13.0. The number of halogens is 6. The molecular formula is C14H17F6NO. The van der Waals surface area contributed by atoms with Gasteiger partial charge in [-0.05, 0) is 23.6 Å². The van der Waals surface area contributed by atoms with Crippen molar-refractivity contribution in [1.29, 1.82) is 0 Å². The van der Waals surface area contributed by atoms with Gasteiger partial charge in [0.25, 0.3) is 0 Å². The number of aliphatic hydroxyl groups excluding tert-OH is 1. The van der Waals surface area contributed by atoms with Gasteiger partial charge in [-0.25, -0.2) is 0 Å². The third-order valence-corrected chi connectivity index (χ3v) is 3.64. The lowest BCUT2D eigenvalue weighted by Crippen LogP contribution is -2.33. The second kappa shape index (κ2) is 6.45. The molecule has 0 aromatic heterocycles. The van der Waals surface area contributed by atoms with Gasteiger partial charge in [0.15, 0.2) is 0 Å². The molecule has 2 nitrogen and oxygen atoms in total. The Morgan fingerprint density at radius 1 is 1.09 bits per heavy atom. The Bertz CT molecular complexity index is 511. The summed E-state index contributed by atoms with van der Waals surface area (Å²) in [7, 11) is 0. The van der Waals surface area contributed by atoms with Gasteiger partial charge in [0, 0.05) is 0 Å². The molecule has 0 fully saturated rings. The van der Waals surface area contributed by atoms with Gasteiger partial charge in [0.2, 0.25) is 0 Å². The van der Waals surface area contributed by atoms with E-state index >= 15 is 0 Å². The van der Waals surface area contributed by atoms with Gasteiger partial charge >= 0.3 is 12.4 Å². The minimum atomic E-state index is -5.00. The number of benzene rings is 1. The van der Waals surface area contributed by atoms with Gasteiger partial charge in [0.1, 0.15) is 0 Å². The average Bonchev–Trinajstić information content (AvgIpc) is 2.42. The molecule has 0 saturated heterocycles. The summed E-state index contributed by atoms with van der Waals surface area (Å²) in [6.45, 7) is 3.32. The van der Waals surface area contributed by atoms with Gasteiger partial charge in [-0.2, -0.15) is 26.3 Å². The minimum Gasteiger partial charge on any atom is -0.391 e. The van der Waals surface area contributed by atoms with Crippen LogP contribution in [0.3, 0.4) is 0 Å². The van der Waals surface area contributed by atoms with E-state index in [1.165, 1.54) is 0 Å². The summed E-state index contributed by atoms with van der Waals surface area (Å²) < 4.78 is 76.8. The van der Waals surface area contributed by atoms with Gasteiger partial charge < -0.3 is 10.8 Å². The third-order valence-electron chi connectivity index (χ3n) is 3.64. The number of rotatable bonds is 4. The first-order valence-corrected chi connectivity index (χ1v) is 6.61. The van der Waals surface area contributed by atoms with Gasteiger partial charge in [0.05, 0.1) is 23.3 Å². The molecule has 0 spiro atoms. The van der Waals surface area contributed by atoms with Crippen LogP contribution in [-0.2, 0) is 12.4 Å². The predicted octanol–water partition coefficient (Wildman–Crippen LogP) is 4.13. The molecule has 0 heterocycles. The van der Waals surface area contributed by atoms with Crippen molar-refractivity contribution in [1.82, 2.24) is 0 Å². The van der Waals surface area contributed by atoms with Crippen LogP contribution in [0, 0.1) is 5.92 Å². The van der Waals surface area contributed by atoms with E-state index in [-0.39, 0.29) is 6.07 Å². The van der Waals surface area contributed by atoms with Crippen LogP contribution in [0.2, 0.25) is 0 Å². The quantitative estimate of drug-likeness (QED) is 0.816. The van der Waals surface area contributed by atoms with Crippen molar-refractivity contribution in [2.45, 2.75) is 44.8 Å². The van der Waals surface area contributed by atoms with E-state index in [2.05, 4.69) is 0 Å². The smallest absolute Gasteiger partial charge is 0.391 e. The fourth-order valence-electron chi connectivity index (χ4n) is 2.05. The summed E-state index contributed by atoms with van der Waals surface area (Å²) in [4.78, 5) is 0. The summed E-state index contributed by atoms with van der Waals surface area (Å²) in [5, 5.41) is 9.94. The zero-order valence-corrected chi connectivity index (χ0v) is 12.0. The van der Waals surface area contributed by atoms with Crippen molar-refractivity contribution < 1.29 is 31.4 Å². The van der Waals surface area contributed by atoms with Crippen LogP contribution in [0.25, 0.3) is 0 Å². The van der Waals surface area contributed by atoms with Crippen LogP contribution < -0.4 is 5.73 Å². The Morgan fingerprint density at radius 2 is 1.64 bits per heavy atom. The van der Waals surface area contributed by atoms with Crippen molar-refractivity contribution in [3.63, 3.8) is 0 Å². The topological polar surface area (TPSA) is 46.2 Å². The highest BCUT2D eigenvalue weighted by Crippen LogP contribution is 2.39. The van der Waals surface area contributed by atoms with Crippen molar-refractivity contribution in [3.8, 4) is 0 Å². The van der Waals surface area contributed by atoms with E-state index in [1.807, 2.05) is 0 Å². The SMILES string of the molecule is CCC(C)[C@H](O)[C@H](N)c1ccc(C(F)(F)F)cc1C(F)(F)F. The van der Waals surface area contributed by atoms with E-state index in [4.69, 9.17) is 5.73 Å². The third kappa shape index (κ3) is 4.13. The molecule has 1 aromatic carbocycles. The van der Waals surface area contributed by atoms with Crippen LogP contribution in [0.15, 0.2) is 18.2 Å². The van der Waals surface area contributed by atoms with Crippen LogP contribution in [0.5, 0.6) is 0 Å². The van der Waals surface area contributed by atoms with E-state index < -0.39 is 47.1 Å². The monoisotopic (exact) mass is 329 g/mol. The lowest BCUT2D eigenvalue weighted by Gasteiger charge is -2.27. The van der Waals surface area contributed by atoms with Crippen LogP contribution >= 0.6 is 0 Å². The van der Waals surface area contributed by atoms with E-state index in [9.17, 15) is 31.4 Å². The molecule has 3 N–H and O–H groups in total. The highest BCUT2D eigenvalue weighted by atomic mass is 19.4. The van der Waals surface area contributed by atoms with Crippen molar-refractivity contribution in [3.05, 3.63) is 34.9 Å². The number of nitrogens with two attached hydrogens (primary N) is 1. The Morgan fingerprint density at radius 3 is 2.05 bits per heavy atom. The number of hydrogen-bond donors (Lipinski definition) is 2. The zero-order chi connectivity index (χ0) is 17.3. The standard InChI is InChI=1S/C14H17F6NO/c1-3-7(2)12(22)11(21)9-5-4-8(13(15,16)17)6-10(9)14(18,19)20/h4-7,11-12,22H,3,21H2,1-2H3/t7?,11-,12+/m1/s1. The Labute approximate surface area is 123 Å². The zero-order valence-electron chi connectivity index (χ0n) is 12.0. The molecule has 22 heavy (non-hydrogen) atoms. The first-order valence-electron chi connectivity index (χ1n) is 6.61. The summed E-state index contributed by atoms with van der Waals surface area (Å²) in [5.41, 5.74) is 2.21. The van der Waals surface area contributed by atoms with Gasteiger partial charge in [-0.3, -0.25) is 0 Å². The maximum Gasteiger partial charge on any atom is 0.416 e. The van der Waals surface area contributed by atoms with Gasteiger partial charge in [-0.15, -0.1) is 0 Å². The van der Waals surface area contributed by atoms with Crippen LogP contribution in [0.4, 0.5) is 26.3 Å². The normalized spacial score (nSPS) is 17.2. The Kier molecular flexibility index (Phi) is 5.51. The summed E-state index contributed by atoms with van der Waals surface area (Å²) in [6, 6.07) is -0.178. The summed E-state index contributed by atoms with van der Waals surface area (Å²) in [5.74, 6) is -0.390. The Hall–Kier alpha value is -1.28. The Balaban J connectivity index is 3.36. The second-order valence-electron chi connectivity index (χ2n) is 5.20. The lowest BCUT2D eigenvalue weighted by molar-refractivity contribution is -0.143. The molecule has 0 saturated carbocycles. The molecule has 3 atom stereocenters. The largest absolute Gasteiger partial charge is 0.416 e. The highest BCUT2D eigenvalue weighted by Gasteiger charge is 2.40. The second-order valence-corrected chi connectivity index (χ2v) is 5.20. The lowest BCUT2D eigenvalue weighted by atomic mass is 9.88. The molecule has 0 bridgehead atoms. The molecule has 1 unspecified atom stereocenters. The minimum absolute atomic E-state index is 0.0263. The molecule has 1 aromatic rings. The molecule has 0 aliphatic heterocycles. The molecule has 0 radical (unpaired) electrons. The first-order chi connectivity index (χ1) is 9.89. The fourth-order valence-corrected chi connectivity index (χ4v) is 2.05. The van der Waals surface area contributed by atoms with E-state index in [1.54, 1.807) is 13.8 Å².